The number of anilines is 1. The van der Waals surface area contributed by atoms with Gasteiger partial charge in [-0.2, -0.15) is 5.10 Å². The summed E-state index contributed by atoms with van der Waals surface area (Å²) < 4.78 is 11.2. The van der Waals surface area contributed by atoms with Gasteiger partial charge in [-0.15, -0.1) is 5.10 Å². The van der Waals surface area contributed by atoms with Crippen molar-refractivity contribution in [1.82, 2.24) is 0 Å². The molecule has 3 rings (SSSR count). The Hall–Kier alpha value is -2.57. The third kappa shape index (κ3) is 5.08. The van der Waals surface area contributed by atoms with E-state index in [4.69, 9.17) is 32.7 Å². The molecule has 0 saturated carbocycles. The van der Waals surface area contributed by atoms with E-state index in [1.807, 2.05) is 12.1 Å². The van der Waals surface area contributed by atoms with Crippen molar-refractivity contribution >= 4 is 46.7 Å². The second-order valence-electron chi connectivity index (χ2n) is 6.90. The highest BCUT2D eigenvalue weighted by Gasteiger charge is 2.28. The molecular weight excluding hydrogens is 413 g/mol. The molecule has 29 heavy (non-hydrogen) atoms. The zero-order valence-electron chi connectivity index (χ0n) is 16.3. The molecule has 0 saturated heterocycles. The van der Waals surface area contributed by atoms with Gasteiger partial charge in [-0.3, -0.25) is 4.79 Å². The Labute approximate surface area is 179 Å². The van der Waals surface area contributed by atoms with Crippen molar-refractivity contribution in [2.75, 3.05) is 19.0 Å². The number of carbonyl (C=O) groups is 1. The predicted molar refractivity (Wildman–Crippen MR) is 117 cm³/mol. The number of amides is 1. The van der Waals surface area contributed by atoms with Crippen LogP contribution in [0, 0.1) is 5.92 Å². The quantitative estimate of drug-likeness (QED) is 0.481. The Bertz CT molecular complexity index is 987. The average Bonchev–Trinajstić information content (AvgIpc) is 2.98. The molecule has 0 radical (unpaired) electrons. The molecule has 2 aromatic carbocycles. The molecule has 8 heteroatoms. The van der Waals surface area contributed by atoms with Gasteiger partial charge in [0.2, 0.25) is 0 Å². The minimum absolute atomic E-state index is 0.154. The third-order valence-electron chi connectivity index (χ3n) is 4.27. The van der Waals surface area contributed by atoms with Crippen molar-refractivity contribution in [3.8, 4) is 11.5 Å². The maximum atomic E-state index is 12.2. The van der Waals surface area contributed by atoms with Crippen LogP contribution in [0.1, 0.15) is 31.4 Å². The Morgan fingerprint density at radius 3 is 2.69 bits per heavy atom. The molecule has 0 aromatic heterocycles. The van der Waals surface area contributed by atoms with Crippen molar-refractivity contribution < 1.29 is 14.3 Å². The molecule has 1 N–H and O–H groups in total. The summed E-state index contributed by atoms with van der Waals surface area (Å²) in [5, 5.41) is 11.5. The number of nitrogens with one attached hydrogen (secondary N) is 1. The van der Waals surface area contributed by atoms with E-state index in [9.17, 15) is 4.79 Å². The van der Waals surface area contributed by atoms with E-state index in [0.29, 0.717) is 45.3 Å². The molecule has 0 aliphatic carbocycles. The van der Waals surface area contributed by atoms with Gasteiger partial charge in [-0.25, -0.2) is 0 Å². The summed E-state index contributed by atoms with van der Waals surface area (Å²) in [7, 11) is 1.58. The lowest BCUT2D eigenvalue weighted by Crippen LogP contribution is -2.13. The first-order chi connectivity index (χ1) is 13.9. The second kappa shape index (κ2) is 9.29. The van der Waals surface area contributed by atoms with Gasteiger partial charge >= 0.3 is 0 Å². The van der Waals surface area contributed by atoms with Gasteiger partial charge in [0.05, 0.1) is 30.6 Å². The summed E-state index contributed by atoms with van der Waals surface area (Å²) >= 11 is 12.1. The van der Waals surface area contributed by atoms with Gasteiger partial charge in [-0.1, -0.05) is 37.0 Å². The Balaban J connectivity index is 1.78. The van der Waals surface area contributed by atoms with Gasteiger partial charge < -0.3 is 14.8 Å². The molecular formula is C21H21Cl2N3O3. The topological polar surface area (TPSA) is 72.3 Å². The molecule has 6 nitrogen and oxygen atoms in total. The van der Waals surface area contributed by atoms with Crippen LogP contribution in [-0.2, 0) is 4.79 Å². The Kier molecular flexibility index (Phi) is 6.77. The standard InChI is InChI=1S/C21H21Cl2N3O3/c1-12(2)6-7-29-17-5-4-13(8-18(17)28-3)11-24-26-20-15-9-14(22)10-16(23)19(15)25-21(20)27/h4-5,8-12H,6-7H2,1-3H3,(H,25,26,27)/b24-11-. The highest BCUT2D eigenvalue weighted by molar-refractivity contribution is 6.56. The number of hydrogen-bond acceptors (Lipinski definition) is 5. The monoisotopic (exact) mass is 433 g/mol. The number of carbonyl (C=O) groups excluding carboxylic acids is 1. The lowest BCUT2D eigenvalue weighted by atomic mass is 10.1. The number of halogens is 2. The van der Waals surface area contributed by atoms with E-state index in [2.05, 4.69) is 29.4 Å². The Morgan fingerprint density at radius 2 is 1.97 bits per heavy atom. The number of benzene rings is 2. The summed E-state index contributed by atoms with van der Waals surface area (Å²) in [6, 6.07) is 8.65. The van der Waals surface area contributed by atoms with Crippen LogP contribution in [0.5, 0.6) is 11.5 Å². The van der Waals surface area contributed by atoms with Crippen LogP contribution in [0.4, 0.5) is 5.69 Å². The molecule has 2 aromatic rings. The van der Waals surface area contributed by atoms with E-state index >= 15 is 0 Å². The fourth-order valence-corrected chi connectivity index (χ4v) is 3.26. The van der Waals surface area contributed by atoms with Gasteiger partial charge in [0, 0.05) is 10.6 Å². The van der Waals surface area contributed by atoms with Gasteiger partial charge in [0.25, 0.3) is 5.91 Å². The highest BCUT2D eigenvalue weighted by atomic mass is 35.5. The minimum Gasteiger partial charge on any atom is -0.493 e. The zero-order valence-corrected chi connectivity index (χ0v) is 17.8. The van der Waals surface area contributed by atoms with Crippen LogP contribution < -0.4 is 14.8 Å². The van der Waals surface area contributed by atoms with Crippen molar-refractivity contribution in [2.24, 2.45) is 16.1 Å². The summed E-state index contributed by atoms with van der Waals surface area (Å²) in [6.07, 6.45) is 2.49. The van der Waals surface area contributed by atoms with Crippen molar-refractivity contribution in [2.45, 2.75) is 20.3 Å². The number of fused-ring (bicyclic) bond motifs is 1. The van der Waals surface area contributed by atoms with Crippen LogP contribution in [0.2, 0.25) is 10.0 Å². The molecule has 0 spiro atoms. The summed E-state index contributed by atoms with van der Waals surface area (Å²) in [4.78, 5) is 12.2. The number of rotatable bonds is 7. The van der Waals surface area contributed by atoms with Crippen molar-refractivity contribution in [3.63, 3.8) is 0 Å². The van der Waals surface area contributed by atoms with Gasteiger partial charge in [0.1, 0.15) is 0 Å². The predicted octanol–water partition coefficient (Wildman–Crippen LogP) is 5.20. The first-order valence-corrected chi connectivity index (χ1v) is 9.87. The van der Waals surface area contributed by atoms with E-state index < -0.39 is 0 Å². The number of methoxy groups -OCH3 is 1. The van der Waals surface area contributed by atoms with Gasteiger partial charge in [-0.05, 0) is 48.2 Å². The summed E-state index contributed by atoms with van der Waals surface area (Å²) in [6.45, 7) is 4.91. The molecule has 1 aliphatic rings. The molecule has 0 atom stereocenters. The fraction of sp³-hybridized carbons (Fsp3) is 0.286. The largest absolute Gasteiger partial charge is 0.493 e. The number of hydrogen-bond donors (Lipinski definition) is 1. The van der Waals surface area contributed by atoms with Crippen molar-refractivity contribution in [1.29, 1.82) is 0 Å². The molecule has 152 valence electrons. The van der Waals surface area contributed by atoms with Crippen LogP contribution in [0.25, 0.3) is 0 Å². The molecule has 0 unspecified atom stereocenters. The van der Waals surface area contributed by atoms with Crippen LogP contribution >= 0.6 is 23.2 Å². The number of nitrogens with zero attached hydrogens (tertiary/aromatic N) is 2. The maximum Gasteiger partial charge on any atom is 0.276 e. The smallest absolute Gasteiger partial charge is 0.276 e. The van der Waals surface area contributed by atoms with Crippen LogP contribution in [0.3, 0.4) is 0 Å². The molecule has 1 amide bonds. The van der Waals surface area contributed by atoms with Crippen LogP contribution in [0.15, 0.2) is 40.5 Å². The summed E-state index contributed by atoms with van der Waals surface area (Å²) in [5.74, 6) is 1.46. The lowest BCUT2D eigenvalue weighted by Gasteiger charge is -2.12. The fourth-order valence-electron chi connectivity index (χ4n) is 2.72. The number of ether oxygens (including phenoxy) is 2. The first-order valence-electron chi connectivity index (χ1n) is 9.11. The van der Waals surface area contributed by atoms with E-state index in [1.165, 1.54) is 6.21 Å². The second-order valence-corrected chi connectivity index (χ2v) is 7.74. The van der Waals surface area contributed by atoms with Gasteiger partial charge in [0.15, 0.2) is 17.2 Å². The molecule has 0 bridgehead atoms. The maximum absolute atomic E-state index is 12.2. The average molecular weight is 434 g/mol. The van der Waals surface area contributed by atoms with Crippen LogP contribution in [-0.4, -0.2) is 31.6 Å². The SMILES string of the molecule is COc1cc(/C=N\N=C2/C(=O)Nc3c(Cl)cc(Cl)cc32)ccc1OCCC(C)C. The normalized spacial score (nSPS) is 14.6. The minimum atomic E-state index is -0.382. The first kappa shape index (κ1) is 21.1. The zero-order chi connectivity index (χ0) is 21.0. The Morgan fingerprint density at radius 1 is 1.17 bits per heavy atom. The molecule has 0 fully saturated rings. The van der Waals surface area contributed by atoms with E-state index in [0.717, 1.165) is 12.0 Å². The highest BCUT2D eigenvalue weighted by Crippen LogP contribution is 2.34. The van der Waals surface area contributed by atoms with E-state index in [-0.39, 0.29) is 11.6 Å². The lowest BCUT2D eigenvalue weighted by molar-refractivity contribution is -0.110. The molecule has 1 aliphatic heterocycles. The van der Waals surface area contributed by atoms with Crippen molar-refractivity contribution in [3.05, 3.63) is 51.5 Å². The third-order valence-corrected chi connectivity index (χ3v) is 4.79. The summed E-state index contributed by atoms with van der Waals surface area (Å²) in [5.41, 5.74) is 1.92. The van der Waals surface area contributed by atoms with E-state index in [1.54, 1.807) is 25.3 Å². The molecule has 1 heterocycles.